The minimum absolute atomic E-state index is 0.0182. The van der Waals surface area contributed by atoms with E-state index in [0.717, 1.165) is 0 Å². The molecule has 1 aliphatic heterocycles. The molecule has 94 valence electrons. The second-order valence-electron chi connectivity index (χ2n) is 6.06. The molecule has 0 spiro atoms. The van der Waals surface area contributed by atoms with E-state index < -0.39 is 8.32 Å². The van der Waals surface area contributed by atoms with Crippen LogP contribution in [0.3, 0.4) is 0 Å². The van der Waals surface area contributed by atoms with Crippen molar-refractivity contribution in [1.82, 2.24) is 0 Å². The van der Waals surface area contributed by atoms with Crippen LogP contribution < -0.4 is 0 Å². The summed E-state index contributed by atoms with van der Waals surface area (Å²) in [4.78, 5) is 11.3. The van der Waals surface area contributed by atoms with E-state index in [1.165, 1.54) is 0 Å². The van der Waals surface area contributed by atoms with Crippen molar-refractivity contribution in [2.75, 3.05) is 13.2 Å². The summed E-state index contributed by atoms with van der Waals surface area (Å²) >= 11 is 0. The molecule has 0 aromatic heterocycles. The third-order valence-electron chi connectivity index (χ3n) is 3.63. The molecule has 0 aliphatic carbocycles. The molecule has 1 unspecified atom stereocenters. The van der Waals surface area contributed by atoms with E-state index in [9.17, 15) is 4.79 Å². The Hall–Kier alpha value is -0.193. The molecule has 4 heteroatoms. The summed E-state index contributed by atoms with van der Waals surface area (Å²) in [6, 6.07) is 0. The molecule has 0 radical (unpaired) electrons. The van der Waals surface area contributed by atoms with E-state index in [1.807, 2.05) is 0 Å². The summed E-state index contributed by atoms with van der Waals surface area (Å²) < 4.78 is 11.6. The first-order valence-corrected chi connectivity index (χ1v) is 8.90. The van der Waals surface area contributed by atoms with E-state index in [-0.39, 0.29) is 11.1 Å². The van der Waals surface area contributed by atoms with E-state index in [4.69, 9.17) is 9.16 Å². The van der Waals surface area contributed by atoms with Crippen LogP contribution in [0.5, 0.6) is 0 Å². The molecule has 1 fully saturated rings. The molecule has 3 nitrogen and oxygen atoms in total. The van der Waals surface area contributed by atoms with E-state index in [0.29, 0.717) is 31.8 Å². The molecule has 1 aliphatic rings. The molecule has 1 saturated heterocycles. The first-order chi connectivity index (χ1) is 7.22. The van der Waals surface area contributed by atoms with Gasteiger partial charge in [0.15, 0.2) is 8.32 Å². The van der Waals surface area contributed by atoms with Gasteiger partial charge >= 0.3 is 0 Å². The standard InChI is InChI=1S/C12H24O3Si/c1-12(2,3)16(4,5)15-9-11-8-10(13)6-7-14-11/h11H,6-9H2,1-5H3. The number of Topliss-reactive ketones (excluding diaryl/α,β-unsaturated/α-hetero) is 1. The Kier molecular flexibility index (Phi) is 4.32. The number of hydrogen-bond acceptors (Lipinski definition) is 3. The van der Waals surface area contributed by atoms with Crippen LogP contribution in [0, 0.1) is 0 Å². The van der Waals surface area contributed by atoms with Gasteiger partial charge < -0.3 is 9.16 Å². The van der Waals surface area contributed by atoms with Crippen molar-refractivity contribution in [1.29, 1.82) is 0 Å². The van der Waals surface area contributed by atoms with Crippen molar-refractivity contribution in [2.45, 2.75) is 57.8 Å². The minimum Gasteiger partial charge on any atom is -0.414 e. The van der Waals surface area contributed by atoms with Crippen molar-refractivity contribution in [3.05, 3.63) is 0 Å². The Labute approximate surface area is 99.6 Å². The predicted octanol–water partition coefficient (Wildman–Crippen LogP) is 2.76. The van der Waals surface area contributed by atoms with Gasteiger partial charge in [-0.2, -0.15) is 0 Å². The normalized spacial score (nSPS) is 23.6. The minimum atomic E-state index is -1.70. The average molecular weight is 244 g/mol. The van der Waals surface area contributed by atoms with Crippen LogP contribution in [0.1, 0.15) is 33.6 Å². The summed E-state index contributed by atoms with van der Waals surface area (Å²) in [5.74, 6) is 0.301. The zero-order valence-corrected chi connectivity index (χ0v) is 12.1. The predicted molar refractivity (Wildman–Crippen MR) is 67.1 cm³/mol. The first kappa shape index (κ1) is 13.9. The molecule has 1 rings (SSSR count). The van der Waals surface area contributed by atoms with Crippen LogP contribution >= 0.6 is 0 Å². The van der Waals surface area contributed by atoms with Crippen LogP contribution in [-0.2, 0) is 14.0 Å². The van der Waals surface area contributed by atoms with Gasteiger partial charge in [-0.3, -0.25) is 4.79 Å². The third-order valence-corrected chi connectivity index (χ3v) is 8.13. The maximum Gasteiger partial charge on any atom is 0.192 e. The molecule has 1 atom stereocenters. The summed E-state index contributed by atoms with van der Waals surface area (Å²) in [6.07, 6.45) is 1.07. The fraction of sp³-hybridized carbons (Fsp3) is 0.917. The average Bonchev–Trinajstić information content (AvgIpc) is 2.13. The highest BCUT2D eigenvalue weighted by atomic mass is 28.4. The van der Waals surface area contributed by atoms with Crippen LogP contribution in [-0.4, -0.2) is 33.4 Å². The second-order valence-corrected chi connectivity index (χ2v) is 10.9. The lowest BCUT2D eigenvalue weighted by atomic mass is 10.1. The van der Waals surface area contributed by atoms with E-state index in [1.54, 1.807) is 0 Å². The van der Waals surface area contributed by atoms with E-state index in [2.05, 4.69) is 33.9 Å². The quantitative estimate of drug-likeness (QED) is 0.716. The molecule has 0 aromatic carbocycles. The third kappa shape index (κ3) is 3.68. The van der Waals surface area contributed by atoms with Gasteiger partial charge in [0.2, 0.25) is 0 Å². The molecule has 16 heavy (non-hydrogen) atoms. The largest absolute Gasteiger partial charge is 0.414 e. The van der Waals surface area contributed by atoms with Crippen molar-refractivity contribution in [3.8, 4) is 0 Å². The van der Waals surface area contributed by atoms with Crippen molar-refractivity contribution < 1.29 is 14.0 Å². The molecule has 0 saturated carbocycles. The summed E-state index contributed by atoms with van der Waals surface area (Å²) in [6.45, 7) is 12.2. The zero-order chi connectivity index (χ0) is 12.4. The maximum atomic E-state index is 11.3. The Morgan fingerprint density at radius 1 is 1.44 bits per heavy atom. The van der Waals surface area contributed by atoms with Gasteiger partial charge in [0.05, 0.1) is 19.3 Å². The first-order valence-electron chi connectivity index (χ1n) is 5.99. The van der Waals surface area contributed by atoms with Gasteiger partial charge in [0.1, 0.15) is 5.78 Å². The van der Waals surface area contributed by atoms with Gasteiger partial charge in [-0.05, 0) is 18.1 Å². The molecule has 0 bridgehead atoms. The van der Waals surface area contributed by atoms with Crippen molar-refractivity contribution in [3.63, 3.8) is 0 Å². The summed E-state index contributed by atoms with van der Waals surface area (Å²) in [7, 11) is -1.70. The molecular weight excluding hydrogens is 220 g/mol. The number of ether oxygens (including phenoxy) is 1. The summed E-state index contributed by atoms with van der Waals surface area (Å²) in [5.41, 5.74) is 0. The number of rotatable bonds is 3. The highest BCUT2D eigenvalue weighted by Crippen LogP contribution is 2.36. The Bertz CT molecular complexity index is 255. The molecular formula is C12H24O3Si. The lowest BCUT2D eigenvalue weighted by molar-refractivity contribution is -0.129. The van der Waals surface area contributed by atoms with Crippen LogP contribution in [0.15, 0.2) is 0 Å². The lowest BCUT2D eigenvalue weighted by Gasteiger charge is -2.37. The number of hydrogen-bond donors (Lipinski definition) is 0. The zero-order valence-electron chi connectivity index (χ0n) is 11.1. The number of carbonyl (C=O) groups is 1. The van der Waals surface area contributed by atoms with Crippen LogP contribution in [0.4, 0.5) is 0 Å². The molecule has 1 heterocycles. The smallest absolute Gasteiger partial charge is 0.192 e. The van der Waals surface area contributed by atoms with Gasteiger partial charge in [0, 0.05) is 12.8 Å². The van der Waals surface area contributed by atoms with E-state index >= 15 is 0 Å². The topological polar surface area (TPSA) is 35.5 Å². The molecule has 0 N–H and O–H groups in total. The fourth-order valence-corrected chi connectivity index (χ4v) is 2.41. The van der Waals surface area contributed by atoms with Gasteiger partial charge in [-0.15, -0.1) is 0 Å². The molecule has 0 aromatic rings. The highest BCUT2D eigenvalue weighted by Gasteiger charge is 2.38. The number of ketones is 1. The fourth-order valence-electron chi connectivity index (χ4n) is 1.38. The van der Waals surface area contributed by atoms with Gasteiger partial charge in [0.25, 0.3) is 0 Å². The Morgan fingerprint density at radius 3 is 2.56 bits per heavy atom. The van der Waals surface area contributed by atoms with Crippen molar-refractivity contribution in [2.24, 2.45) is 0 Å². The number of carbonyl (C=O) groups excluding carboxylic acids is 1. The van der Waals surface area contributed by atoms with Crippen LogP contribution in [0.2, 0.25) is 18.1 Å². The monoisotopic (exact) mass is 244 g/mol. The van der Waals surface area contributed by atoms with Gasteiger partial charge in [-0.25, -0.2) is 0 Å². The lowest BCUT2D eigenvalue weighted by Crippen LogP contribution is -2.43. The Morgan fingerprint density at radius 2 is 2.06 bits per heavy atom. The Balaban J connectivity index is 2.42. The van der Waals surface area contributed by atoms with Crippen molar-refractivity contribution >= 4 is 14.1 Å². The SMILES string of the molecule is CC(C)(C)[Si](C)(C)OCC1CC(=O)CCO1. The van der Waals surface area contributed by atoms with Gasteiger partial charge in [-0.1, -0.05) is 20.8 Å². The maximum absolute atomic E-state index is 11.3. The second kappa shape index (κ2) is 4.98. The summed E-state index contributed by atoms with van der Waals surface area (Å²) in [5, 5.41) is 0.214. The highest BCUT2D eigenvalue weighted by molar-refractivity contribution is 6.74. The van der Waals surface area contributed by atoms with Crippen LogP contribution in [0.25, 0.3) is 0 Å². The molecule has 0 amide bonds.